The molecule has 3 nitrogen and oxygen atoms in total. The summed E-state index contributed by atoms with van der Waals surface area (Å²) in [6.45, 7) is 4.48. The molecule has 0 aliphatic rings. The lowest BCUT2D eigenvalue weighted by Gasteiger charge is -2.19. The lowest BCUT2D eigenvalue weighted by molar-refractivity contribution is -0.125. The third kappa shape index (κ3) is 4.19. The van der Waals surface area contributed by atoms with Crippen LogP contribution in [0.2, 0.25) is 0 Å². The lowest BCUT2D eigenvalue weighted by Crippen LogP contribution is -2.36. The van der Waals surface area contributed by atoms with E-state index >= 15 is 0 Å². The van der Waals surface area contributed by atoms with Crippen LogP contribution >= 0.6 is 0 Å². The Bertz CT molecular complexity index is 337. The van der Waals surface area contributed by atoms with Crippen molar-refractivity contribution in [3.05, 3.63) is 35.9 Å². The van der Waals surface area contributed by atoms with E-state index in [1.807, 2.05) is 37.3 Å². The van der Waals surface area contributed by atoms with Crippen LogP contribution in [-0.4, -0.2) is 12.5 Å². The molecule has 1 amide bonds. The average Bonchev–Trinajstić information content (AvgIpc) is 2.36. The molecule has 0 aliphatic heterocycles. The van der Waals surface area contributed by atoms with Gasteiger partial charge in [-0.05, 0) is 18.9 Å². The molecule has 94 valence electrons. The van der Waals surface area contributed by atoms with Crippen LogP contribution in [0.15, 0.2) is 30.3 Å². The highest BCUT2D eigenvalue weighted by Crippen LogP contribution is 2.13. The molecule has 1 aromatic rings. The van der Waals surface area contributed by atoms with Crippen LogP contribution in [0, 0.1) is 5.92 Å². The molecule has 0 saturated heterocycles. The average molecular weight is 234 g/mol. The molecule has 17 heavy (non-hydrogen) atoms. The number of hydrogen-bond acceptors (Lipinski definition) is 2. The molecular formula is C14H22N2O. The molecule has 3 heteroatoms. The standard InChI is InChI=1S/C14H22N2O/c1-3-7-13(10-15)14(17)16-11(2)12-8-5-4-6-9-12/h4-6,8-9,11,13H,3,7,10,15H2,1-2H3,(H,16,17)/t11-,13?/m1/s1. The minimum Gasteiger partial charge on any atom is -0.349 e. The summed E-state index contributed by atoms with van der Waals surface area (Å²) in [6.07, 6.45) is 1.83. The Balaban J connectivity index is 2.56. The highest BCUT2D eigenvalue weighted by molar-refractivity contribution is 5.79. The minimum absolute atomic E-state index is 0.0367. The van der Waals surface area contributed by atoms with Crippen molar-refractivity contribution in [1.29, 1.82) is 0 Å². The molecule has 0 aliphatic carbocycles. The van der Waals surface area contributed by atoms with Crippen LogP contribution in [0.25, 0.3) is 0 Å². The summed E-state index contributed by atoms with van der Waals surface area (Å²) < 4.78 is 0. The molecule has 0 saturated carbocycles. The van der Waals surface area contributed by atoms with Crippen molar-refractivity contribution in [2.45, 2.75) is 32.7 Å². The van der Waals surface area contributed by atoms with Gasteiger partial charge in [-0.2, -0.15) is 0 Å². The number of nitrogens with two attached hydrogens (primary N) is 1. The Kier molecular flexibility index (Phi) is 5.70. The molecule has 0 heterocycles. The fourth-order valence-electron chi connectivity index (χ4n) is 1.86. The zero-order valence-electron chi connectivity index (χ0n) is 10.6. The van der Waals surface area contributed by atoms with Gasteiger partial charge in [0.15, 0.2) is 0 Å². The quantitative estimate of drug-likeness (QED) is 0.793. The molecular weight excluding hydrogens is 212 g/mol. The maximum atomic E-state index is 12.0. The normalized spacial score (nSPS) is 14.1. The minimum atomic E-state index is -0.0637. The van der Waals surface area contributed by atoms with Crippen molar-refractivity contribution in [1.82, 2.24) is 5.32 Å². The van der Waals surface area contributed by atoms with Gasteiger partial charge in [0.25, 0.3) is 0 Å². The Labute approximate surface area is 103 Å². The molecule has 1 aromatic carbocycles. The molecule has 0 radical (unpaired) electrons. The molecule has 0 aromatic heterocycles. The van der Waals surface area contributed by atoms with E-state index in [2.05, 4.69) is 12.2 Å². The Morgan fingerprint density at radius 1 is 1.35 bits per heavy atom. The summed E-state index contributed by atoms with van der Waals surface area (Å²) in [5, 5.41) is 3.01. The number of nitrogens with one attached hydrogen (secondary N) is 1. The van der Waals surface area contributed by atoms with Gasteiger partial charge in [0.2, 0.25) is 5.91 Å². The molecule has 3 N–H and O–H groups in total. The summed E-state index contributed by atoms with van der Waals surface area (Å²) in [7, 11) is 0. The number of carbonyl (C=O) groups is 1. The van der Waals surface area contributed by atoms with E-state index < -0.39 is 0 Å². The summed E-state index contributed by atoms with van der Waals surface area (Å²) >= 11 is 0. The topological polar surface area (TPSA) is 55.1 Å². The van der Waals surface area contributed by atoms with Crippen molar-refractivity contribution in [3.63, 3.8) is 0 Å². The van der Waals surface area contributed by atoms with Gasteiger partial charge < -0.3 is 11.1 Å². The van der Waals surface area contributed by atoms with Crippen molar-refractivity contribution in [2.24, 2.45) is 11.7 Å². The van der Waals surface area contributed by atoms with Crippen LogP contribution in [0.3, 0.4) is 0 Å². The predicted molar refractivity (Wildman–Crippen MR) is 70.5 cm³/mol. The summed E-state index contributed by atoms with van der Waals surface area (Å²) in [6, 6.07) is 9.99. The second-order valence-corrected chi connectivity index (χ2v) is 4.36. The van der Waals surface area contributed by atoms with Gasteiger partial charge in [-0.1, -0.05) is 43.7 Å². The number of rotatable bonds is 6. The van der Waals surface area contributed by atoms with E-state index in [0.29, 0.717) is 6.54 Å². The first-order chi connectivity index (χ1) is 8.19. The smallest absolute Gasteiger partial charge is 0.224 e. The predicted octanol–water partition coefficient (Wildman–Crippen LogP) is 2.24. The lowest BCUT2D eigenvalue weighted by atomic mass is 10.0. The van der Waals surface area contributed by atoms with Crippen molar-refractivity contribution in [2.75, 3.05) is 6.54 Å². The largest absolute Gasteiger partial charge is 0.349 e. The summed E-state index contributed by atoms with van der Waals surface area (Å²) in [5.74, 6) is -0.00290. The fraction of sp³-hybridized carbons (Fsp3) is 0.500. The second kappa shape index (κ2) is 7.07. The van der Waals surface area contributed by atoms with Crippen LogP contribution < -0.4 is 11.1 Å². The Morgan fingerprint density at radius 2 is 2.00 bits per heavy atom. The number of benzene rings is 1. The van der Waals surface area contributed by atoms with Gasteiger partial charge in [0.1, 0.15) is 0 Å². The summed E-state index contributed by atoms with van der Waals surface area (Å²) in [4.78, 5) is 12.0. The first-order valence-corrected chi connectivity index (χ1v) is 6.24. The maximum absolute atomic E-state index is 12.0. The molecule has 1 unspecified atom stereocenters. The summed E-state index contributed by atoms with van der Waals surface area (Å²) in [5.41, 5.74) is 6.73. The second-order valence-electron chi connectivity index (χ2n) is 4.36. The molecule has 0 bridgehead atoms. The van der Waals surface area contributed by atoms with Gasteiger partial charge >= 0.3 is 0 Å². The van der Waals surface area contributed by atoms with Crippen LogP contribution in [0.5, 0.6) is 0 Å². The zero-order valence-corrected chi connectivity index (χ0v) is 10.6. The third-order valence-corrected chi connectivity index (χ3v) is 2.95. The van der Waals surface area contributed by atoms with Gasteiger partial charge in [-0.3, -0.25) is 4.79 Å². The Hall–Kier alpha value is -1.35. The highest BCUT2D eigenvalue weighted by atomic mass is 16.1. The van der Waals surface area contributed by atoms with Crippen molar-refractivity contribution in [3.8, 4) is 0 Å². The van der Waals surface area contributed by atoms with Gasteiger partial charge in [0, 0.05) is 6.54 Å². The van der Waals surface area contributed by atoms with Gasteiger partial charge in [0.05, 0.1) is 12.0 Å². The fourth-order valence-corrected chi connectivity index (χ4v) is 1.86. The molecule has 1 rings (SSSR count). The molecule has 0 fully saturated rings. The first-order valence-electron chi connectivity index (χ1n) is 6.24. The monoisotopic (exact) mass is 234 g/mol. The van der Waals surface area contributed by atoms with E-state index in [1.165, 1.54) is 0 Å². The highest BCUT2D eigenvalue weighted by Gasteiger charge is 2.17. The van der Waals surface area contributed by atoms with E-state index in [4.69, 9.17) is 5.73 Å². The van der Waals surface area contributed by atoms with E-state index in [1.54, 1.807) is 0 Å². The van der Waals surface area contributed by atoms with Gasteiger partial charge in [-0.15, -0.1) is 0 Å². The van der Waals surface area contributed by atoms with Crippen LogP contribution in [0.4, 0.5) is 0 Å². The molecule has 2 atom stereocenters. The van der Waals surface area contributed by atoms with E-state index in [9.17, 15) is 4.79 Å². The van der Waals surface area contributed by atoms with E-state index in [0.717, 1.165) is 18.4 Å². The van der Waals surface area contributed by atoms with Crippen molar-refractivity contribution < 1.29 is 4.79 Å². The zero-order chi connectivity index (χ0) is 12.7. The number of amides is 1. The Morgan fingerprint density at radius 3 is 2.53 bits per heavy atom. The van der Waals surface area contributed by atoms with E-state index in [-0.39, 0.29) is 17.9 Å². The number of hydrogen-bond donors (Lipinski definition) is 2. The third-order valence-electron chi connectivity index (χ3n) is 2.95. The van der Waals surface area contributed by atoms with Crippen LogP contribution in [-0.2, 0) is 4.79 Å². The maximum Gasteiger partial charge on any atom is 0.224 e. The van der Waals surface area contributed by atoms with Crippen molar-refractivity contribution >= 4 is 5.91 Å². The number of carbonyl (C=O) groups excluding carboxylic acids is 1. The van der Waals surface area contributed by atoms with Crippen LogP contribution in [0.1, 0.15) is 38.3 Å². The van der Waals surface area contributed by atoms with Gasteiger partial charge in [-0.25, -0.2) is 0 Å². The molecule has 0 spiro atoms. The first kappa shape index (κ1) is 13.7. The SMILES string of the molecule is CCCC(CN)C(=O)N[C@H](C)c1ccccc1.